The molecule has 2 heterocycles. The van der Waals surface area contributed by atoms with Crippen molar-refractivity contribution >= 4 is 28.4 Å². The fourth-order valence-electron chi connectivity index (χ4n) is 3.19. The maximum absolute atomic E-state index is 13.0. The number of rotatable bonds is 4. The molecular formula is C20H18FN3O3. The molecule has 2 aromatic carbocycles. The van der Waals surface area contributed by atoms with Gasteiger partial charge in [0.25, 0.3) is 0 Å². The number of aromatic amines is 1. The Balaban J connectivity index is 1.36. The van der Waals surface area contributed by atoms with Crippen LogP contribution in [-0.4, -0.2) is 24.0 Å². The smallest absolute Gasteiger partial charge is 0.408 e. The van der Waals surface area contributed by atoms with Gasteiger partial charge < -0.3 is 14.6 Å². The highest BCUT2D eigenvalue weighted by atomic mass is 19.1. The molecule has 0 saturated heterocycles. The minimum absolute atomic E-state index is 0.117. The van der Waals surface area contributed by atoms with Crippen molar-refractivity contribution in [2.75, 3.05) is 23.3 Å². The van der Waals surface area contributed by atoms with E-state index in [9.17, 15) is 14.0 Å². The van der Waals surface area contributed by atoms with E-state index in [-0.39, 0.29) is 11.7 Å². The SMILES string of the molecule is O=C(CC1=CCN(c2ccc(F)cc2)CC1)Nc1ccc2[nH]c(=O)oc2c1. The van der Waals surface area contributed by atoms with E-state index in [2.05, 4.69) is 15.2 Å². The van der Waals surface area contributed by atoms with Crippen LogP contribution in [0.3, 0.4) is 0 Å². The summed E-state index contributed by atoms with van der Waals surface area (Å²) in [6, 6.07) is 11.5. The van der Waals surface area contributed by atoms with Crippen molar-refractivity contribution in [1.29, 1.82) is 0 Å². The quantitative estimate of drug-likeness (QED) is 0.693. The van der Waals surface area contributed by atoms with Gasteiger partial charge in [0, 0.05) is 37.0 Å². The Kier molecular flexibility index (Phi) is 4.50. The zero-order valence-electron chi connectivity index (χ0n) is 14.5. The summed E-state index contributed by atoms with van der Waals surface area (Å²) in [5, 5.41) is 2.83. The monoisotopic (exact) mass is 367 g/mol. The van der Waals surface area contributed by atoms with Crippen molar-refractivity contribution in [2.45, 2.75) is 12.8 Å². The lowest BCUT2D eigenvalue weighted by atomic mass is 10.0. The molecule has 1 amide bonds. The Morgan fingerprint density at radius 2 is 2.04 bits per heavy atom. The molecular weight excluding hydrogens is 349 g/mol. The molecule has 3 aromatic rings. The van der Waals surface area contributed by atoms with Crippen molar-refractivity contribution < 1.29 is 13.6 Å². The second-order valence-corrected chi connectivity index (χ2v) is 6.49. The van der Waals surface area contributed by atoms with Crippen LogP contribution in [0.5, 0.6) is 0 Å². The summed E-state index contributed by atoms with van der Waals surface area (Å²) in [5.74, 6) is -0.888. The zero-order chi connectivity index (χ0) is 18.8. The summed E-state index contributed by atoms with van der Waals surface area (Å²) < 4.78 is 18.0. The number of aromatic nitrogens is 1. The highest BCUT2D eigenvalue weighted by molar-refractivity contribution is 5.94. The number of hydrogen-bond acceptors (Lipinski definition) is 4. The van der Waals surface area contributed by atoms with E-state index >= 15 is 0 Å². The maximum Gasteiger partial charge on any atom is 0.417 e. The number of oxazole rings is 1. The number of hydrogen-bond donors (Lipinski definition) is 2. The number of H-pyrrole nitrogens is 1. The molecule has 0 aliphatic carbocycles. The third-order valence-corrected chi connectivity index (χ3v) is 4.59. The number of amides is 1. The number of nitrogens with zero attached hydrogens (tertiary/aromatic N) is 1. The van der Waals surface area contributed by atoms with Crippen LogP contribution in [0.1, 0.15) is 12.8 Å². The van der Waals surface area contributed by atoms with Crippen LogP contribution in [0.2, 0.25) is 0 Å². The lowest BCUT2D eigenvalue weighted by molar-refractivity contribution is -0.115. The molecule has 27 heavy (non-hydrogen) atoms. The number of fused-ring (bicyclic) bond motifs is 1. The molecule has 0 bridgehead atoms. The first kappa shape index (κ1) is 17.1. The predicted molar refractivity (Wildman–Crippen MR) is 101 cm³/mol. The van der Waals surface area contributed by atoms with Gasteiger partial charge in [-0.1, -0.05) is 11.6 Å². The van der Waals surface area contributed by atoms with Crippen molar-refractivity contribution in [1.82, 2.24) is 4.98 Å². The molecule has 4 rings (SSSR count). The standard InChI is InChI=1S/C20H18FN3O3/c21-14-1-4-16(5-2-14)24-9-7-13(8-10-24)11-19(25)22-15-3-6-17-18(12-15)27-20(26)23-17/h1-7,12H,8-11H2,(H,22,25)(H,23,26). The van der Waals surface area contributed by atoms with Gasteiger partial charge >= 0.3 is 5.76 Å². The van der Waals surface area contributed by atoms with E-state index in [1.54, 1.807) is 30.3 Å². The summed E-state index contributed by atoms with van der Waals surface area (Å²) in [5.41, 5.74) is 3.62. The first-order valence-corrected chi connectivity index (χ1v) is 8.68. The summed E-state index contributed by atoms with van der Waals surface area (Å²) in [7, 11) is 0. The molecule has 138 valence electrons. The van der Waals surface area contributed by atoms with E-state index in [0.717, 1.165) is 24.2 Å². The third kappa shape index (κ3) is 3.92. The number of carbonyl (C=O) groups is 1. The second-order valence-electron chi connectivity index (χ2n) is 6.49. The predicted octanol–water partition coefficient (Wildman–Crippen LogP) is 3.43. The largest absolute Gasteiger partial charge is 0.417 e. The molecule has 0 spiro atoms. The van der Waals surface area contributed by atoms with Gasteiger partial charge in [0.1, 0.15) is 5.82 Å². The van der Waals surface area contributed by atoms with Crippen LogP contribution in [0.15, 0.2) is 63.3 Å². The Morgan fingerprint density at radius 1 is 1.22 bits per heavy atom. The molecule has 1 aromatic heterocycles. The van der Waals surface area contributed by atoms with Gasteiger partial charge in [0.2, 0.25) is 5.91 Å². The molecule has 0 saturated carbocycles. The van der Waals surface area contributed by atoms with E-state index in [1.807, 2.05) is 6.08 Å². The average Bonchev–Trinajstić information content (AvgIpc) is 3.02. The van der Waals surface area contributed by atoms with E-state index in [0.29, 0.717) is 29.8 Å². The lowest BCUT2D eigenvalue weighted by Gasteiger charge is -2.28. The van der Waals surface area contributed by atoms with Crippen molar-refractivity contribution in [2.24, 2.45) is 0 Å². The number of benzene rings is 2. The van der Waals surface area contributed by atoms with Crippen LogP contribution >= 0.6 is 0 Å². The fourth-order valence-corrected chi connectivity index (χ4v) is 3.19. The molecule has 0 radical (unpaired) electrons. The second kappa shape index (κ2) is 7.11. The van der Waals surface area contributed by atoms with Gasteiger partial charge in [-0.25, -0.2) is 9.18 Å². The molecule has 2 N–H and O–H groups in total. The van der Waals surface area contributed by atoms with Gasteiger partial charge in [-0.2, -0.15) is 0 Å². The van der Waals surface area contributed by atoms with Gasteiger partial charge in [-0.3, -0.25) is 9.78 Å². The number of nitrogens with one attached hydrogen (secondary N) is 2. The molecule has 0 unspecified atom stereocenters. The zero-order valence-corrected chi connectivity index (χ0v) is 14.5. The molecule has 6 nitrogen and oxygen atoms in total. The maximum atomic E-state index is 13.0. The minimum Gasteiger partial charge on any atom is -0.408 e. The molecule has 1 aliphatic heterocycles. The summed E-state index contributed by atoms with van der Waals surface area (Å²) >= 11 is 0. The Labute approximate surface area is 154 Å². The van der Waals surface area contributed by atoms with Crippen LogP contribution in [0.25, 0.3) is 11.1 Å². The van der Waals surface area contributed by atoms with E-state index in [4.69, 9.17) is 4.42 Å². The molecule has 1 aliphatic rings. The fraction of sp³-hybridized carbons (Fsp3) is 0.200. The van der Waals surface area contributed by atoms with E-state index in [1.165, 1.54) is 12.1 Å². The molecule has 7 heteroatoms. The lowest BCUT2D eigenvalue weighted by Crippen LogP contribution is -2.29. The summed E-state index contributed by atoms with van der Waals surface area (Å²) in [4.78, 5) is 28.2. The highest BCUT2D eigenvalue weighted by Crippen LogP contribution is 2.22. The van der Waals surface area contributed by atoms with Crippen LogP contribution < -0.4 is 16.0 Å². The number of anilines is 2. The molecule has 0 atom stereocenters. The highest BCUT2D eigenvalue weighted by Gasteiger charge is 2.15. The minimum atomic E-state index is -0.522. The summed E-state index contributed by atoms with van der Waals surface area (Å²) in [6.45, 7) is 1.47. The van der Waals surface area contributed by atoms with Crippen molar-refractivity contribution in [3.8, 4) is 0 Å². The van der Waals surface area contributed by atoms with Gasteiger partial charge in [-0.15, -0.1) is 0 Å². The first-order chi connectivity index (χ1) is 13.1. The Bertz CT molecular complexity index is 1070. The van der Waals surface area contributed by atoms with E-state index < -0.39 is 5.76 Å². The van der Waals surface area contributed by atoms with Gasteiger partial charge in [0.15, 0.2) is 5.58 Å². The van der Waals surface area contributed by atoms with Crippen LogP contribution in [0, 0.1) is 5.82 Å². The Morgan fingerprint density at radius 3 is 2.78 bits per heavy atom. The third-order valence-electron chi connectivity index (χ3n) is 4.59. The van der Waals surface area contributed by atoms with Gasteiger partial charge in [0.05, 0.1) is 5.52 Å². The van der Waals surface area contributed by atoms with Crippen molar-refractivity contribution in [3.05, 3.63) is 70.5 Å². The number of halogens is 1. The first-order valence-electron chi connectivity index (χ1n) is 8.68. The summed E-state index contributed by atoms with van der Waals surface area (Å²) in [6.07, 6.45) is 3.13. The topological polar surface area (TPSA) is 78.3 Å². The van der Waals surface area contributed by atoms with Crippen LogP contribution in [-0.2, 0) is 4.79 Å². The van der Waals surface area contributed by atoms with Crippen LogP contribution in [0.4, 0.5) is 15.8 Å². The number of carbonyl (C=O) groups excluding carboxylic acids is 1. The van der Waals surface area contributed by atoms with Gasteiger partial charge in [-0.05, 0) is 42.8 Å². The van der Waals surface area contributed by atoms with Crippen molar-refractivity contribution in [3.63, 3.8) is 0 Å². The molecule has 0 fully saturated rings. The average molecular weight is 367 g/mol. The normalized spacial score (nSPS) is 14.3. The Hall–Kier alpha value is -3.35.